The first-order valence-electron chi connectivity index (χ1n) is 21.3. The van der Waals surface area contributed by atoms with E-state index in [1.165, 1.54) is 16.3 Å². The van der Waals surface area contributed by atoms with E-state index in [1.807, 2.05) is 24.3 Å². The topological polar surface area (TPSA) is 75.2 Å². The average molecular weight is 805 g/mol. The monoisotopic (exact) mass is 804 g/mol. The number of nitrogens with one attached hydrogen (secondary N) is 2. The van der Waals surface area contributed by atoms with Gasteiger partial charge in [-0.05, 0) is 121 Å². The highest BCUT2D eigenvalue weighted by molar-refractivity contribution is 6.23. The molecule has 0 atom stereocenters. The molecule has 2 N–H and O–H groups in total. The van der Waals surface area contributed by atoms with Gasteiger partial charge >= 0.3 is 0 Å². The van der Waals surface area contributed by atoms with Gasteiger partial charge in [-0.3, -0.25) is 4.57 Å². The third-order valence-corrected chi connectivity index (χ3v) is 12.5. The molecule has 63 heavy (non-hydrogen) atoms. The van der Waals surface area contributed by atoms with E-state index in [2.05, 4.69) is 197 Å². The minimum atomic E-state index is 0.840. The Kier molecular flexibility index (Phi) is 7.80. The Bertz CT molecular complexity index is 3840. The van der Waals surface area contributed by atoms with Crippen LogP contribution in [0.3, 0.4) is 0 Å². The predicted octanol–water partition coefficient (Wildman–Crippen LogP) is 14.6. The maximum absolute atomic E-state index is 5.19. The summed E-state index contributed by atoms with van der Waals surface area (Å²) in [6, 6.07) is 73.3. The summed E-state index contributed by atoms with van der Waals surface area (Å²) >= 11 is 0. The number of nitrogens with zero attached hydrogens (tertiary/aromatic N) is 4. The second-order valence-electron chi connectivity index (χ2n) is 16.2. The van der Waals surface area contributed by atoms with Gasteiger partial charge in [0, 0.05) is 22.4 Å². The smallest absolute Gasteiger partial charge is 0.145 e. The number of benzene rings is 10. The molecule has 0 aliphatic rings. The molecule has 0 aliphatic heterocycles. The summed E-state index contributed by atoms with van der Waals surface area (Å²) < 4.78 is 2.26. The number of aromatic amines is 2. The minimum absolute atomic E-state index is 0.840. The van der Waals surface area contributed by atoms with Crippen LogP contribution in [0.15, 0.2) is 206 Å². The Balaban J connectivity index is 1.08. The molecule has 13 aromatic rings. The van der Waals surface area contributed by atoms with Crippen molar-refractivity contribution in [2.75, 3.05) is 0 Å². The van der Waals surface area contributed by atoms with Crippen molar-refractivity contribution in [3.8, 4) is 62.1 Å². The molecule has 294 valence electrons. The second kappa shape index (κ2) is 14.0. The molecule has 0 saturated carbocycles. The van der Waals surface area contributed by atoms with Crippen LogP contribution in [0.25, 0.3) is 128 Å². The third-order valence-electron chi connectivity index (χ3n) is 12.5. The average Bonchev–Trinajstić information content (AvgIpc) is 4.09. The van der Waals surface area contributed by atoms with Crippen molar-refractivity contribution in [2.45, 2.75) is 0 Å². The van der Waals surface area contributed by atoms with Gasteiger partial charge in [0.15, 0.2) is 0 Å². The van der Waals surface area contributed by atoms with Crippen LogP contribution in [0, 0.1) is 0 Å². The van der Waals surface area contributed by atoms with Gasteiger partial charge in [-0.2, -0.15) is 0 Å². The molecule has 6 heteroatoms. The maximum atomic E-state index is 5.19. The van der Waals surface area contributed by atoms with Crippen LogP contribution < -0.4 is 0 Å². The summed E-state index contributed by atoms with van der Waals surface area (Å²) in [6.07, 6.45) is 0. The van der Waals surface area contributed by atoms with Gasteiger partial charge in [-0.1, -0.05) is 140 Å². The zero-order valence-corrected chi connectivity index (χ0v) is 33.9. The lowest BCUT2D eigenvalue weighted by atomic mass is 9.84. The molecule has 0 saturated heterocycles. The molecule has 0 radical (unpaired) electrons. The fourth-order valence-corrected chi connectivity index (χ4v) is 9.51. The first-order valence-corrected chi connectivity index (χ1v) is 21.3. The predicted molar refractivity (Wildman–Crippen MR) is 260 cm³/mol. The molecule has 3 aromatic heterocycles. The summed E-state index contributed by atoms with van der Waals surface area (Å²) in [4.78, 5) is 22.5. The summed E-state index contributed by atoms with van der Waals surface area (Å²) in [7, 11) is 0. The van der Waals surface area contributed by atoms with E-state index in [0.29, 0.717) is 0 Å². The van der Waals surface area contributed by atoms with Crippen LogP contribution in [0.4, 0.5) is 0 Å². The van der Waals surface area contributed by atoms with E-state index in [-0.39, 0.29) is 0 Å². The number of aromatic nitrogens is 6. The molecular formula is C57H36N6. The molecule has 0 fully saturated rings. The normalized spacial score (nSPS) is 11.8. The van der Waals surface area contributed by atoms with Crippen LogP contribution in [0.2, 0.25) is 0 Å². The highest BCUT2D eigenvalue weighted by Gasteiger charge is 2.21. The van der Waals surface area contributed by atoms with E-state index in [1.54, 1.807) is 0 Å². The van der Waals surface area contributed by atoms with Gasteiger partial charge in [0.1, 0.15) is 17.5 Å². The summed E-state index contributed by atoms with van der Waals surface area (Å²) in [5.41, 5.74) is 14.7. The number of para-hydroxylation sites is 7. The first kappa shape index (κ1) is 35.2. The molecule has 13 rings (SSSR count). The molecule has 10 aromatic carbocycles. The number of fused-ring (bicyclic) bond motifs is 6. The van der Waals surface area contributed by atoms with Crippen molar-refractivity contribution in [2.24, 2.45) is 0 Å². The minimum Gasteiger partial charge on any atom is -0.338 e. The van der Waals surface area contributed by atoms with Gasteiger partial charge in [-0.15, -0.1) is 0 Å². The molecule has 0 bridgehead atoms. The molecule has 0 aliphatic carbocycles. The molecule has 0 spiro atoms. The molecule has 0 amide bonds. The molecule has 3 heterocycles. The van der Waals surface area contributed by atoms with Crippen molar-refractivity contribution in [3.63, 3.8) is 0 Å². The largest absolute Gasteiger partial charge is 0.338 e. The van der Waals surface area contributed by atoms with E-state index in [0.717, 1.165) is 111 Å². The zero-order chi connectivity index (χ0) is 41.4. The lowest BCUT2D eigenvalue weighted by Gasteiger charge is -2.19. The lowest BCUT2D eigenvalue weighted by molar-refractivity contribution is 1.10. The fraction of sp³-hybridized carbons (Fsp3) is 0. The Morgan fingerprint density at radius 3 is 1.49 bits per heavy atom. The van der Waals surface area contributed by atoms with Gasteiger partial charge in [0.25, 0.3) is 0 Å². The van der Waals surface area contributed by atoms with Crippen molar-refractivity contribution in [1.29, 1.82) is 0 Å². The second-order valence-corrected chi connectivity index (χ2v) is 16.2. The standard InChI is InChI=1S/C57H36N6/c1-2-14-42(15-3-1)63-52-21-11-10-20-51(52)62-57(63)37-25-23-36(24-26-37)53-43-30-28-41(56-60-49-18-8-9-19-50(49)61-56)34-46(43)54(39-27-22-35-12-4-5-13-38(35)32-39)44-31-29-40(33-45(44)53)55-58-47-16-6-7-17-48(47)59-55/h1-34H,(H,58,59)(H,60,61). The van der Waals surface area contributed by atoms with Gasteiger partial charge in [0.2, 0.25) is 0 Å². The zero-order valence-electron chi connectivity index (χ0n) is 33.9. The van der Waals surface area contributed by atoms with Gasteiger partial charge < -0.3 is 9.97 Å². The SMILES string of the molecule is c1ccc(-n2c(-c3ccc(-c4c5ccc(-c6nc7ccccc7[nH]6)cc5c(-c5ccc6ccccc6c5)c5ccc(-c6nc7ccccc7[nH]6)cc45)cc3)nc3ccccc32)cc1. The van der Waals surface area contributed by atoms with E-state index >= 15 is 0 Å². The number of hydrogen-bond donors (Lipinski definition) is 2. The molecular weight excluding hydrogens is 769 g/mol. The summed E-state index contributed by atoms with van der Waals surface area (Å²) in [6.45, 7) is 0. The molecule has 0 unspecified atom stereocenters. The number of hydrogen-bond acceptors (Lipinski definition) is 3. The van der Waals surface area contributed by atoms with Crippen molar-refractivity contribution in [3.05, 3.63) is 206 Å². The van der Waals surface area contributed by atoms with Gasteiger partial charge in [0.05, 0.1) is 33.1 Å². The first-order chi connectivity index (χ1) is 31.2. The maximum Gasteiger partial charge on any atom is 0.145 e. The van der Waals surface area contributed by atoms with Crippen molar-refractivity contribution >= 4 is 65.4 Å². The van der Waals surface area contributed by atoms with Crippen LogP contribution in [0.5, 0.6) is 0 Å². The Morgan fingerprint density at radius 1 is 0.333 bits per heavy atom. The Hall–Kier alpha value is -8.61. The summed E-state index contributed by atoms with van der Waals surface area (Å²) in [5, 5.41) is 7.01. The van der Waals surface area contributed by atoms with Crippen molar-refractivity contribution in [1.82, 2.24) is 29.5 Å². The number of rotatable bonds is 6. The quantitative estimate of drug-likeness (QED) is 0.164. The Morgan fingerprint density at radius 2 is 0.841 bits per heavy atom. The van der Waals surface area contributed by atoms with Crippen LogP contribution >= 0.6 is 0 Å². The van der Waals surface area contributed by atoms with Crippen molar-refractivity contribution < 1.29 is 0 Å². The highest BCUT2D eigenvalue weighted by atomic mass is 15.1. The Labute approximate surface area is 361 Å². The lowest BCUT2D eigenvalue weighted by Crippen LogP contribution is -1.97. The molecule has 6 nitrogen and oxygen atoms in total. The van der Waals surface area contributed by atoms with E-state index in [4.69, 9.17) is 15.0 Å². The van der Waals surface area contributed by atoms with E-state index < -0.39 is 0 Å². The number of H-pyrrole nitrogens is 2. The third kappa shape index (κ3) is 5.76. The van der Waals surface area contributed by atoms with Gasteiger partial charge in [-0.25, -0.2) is 15.0 Å². The highest BCUT2D eigenvalue weighted by Crippen LogP contribution is 2.46. The fourth-order valence-electron chi connectivity index (χ4n) is 9.51. The van der Waals surface area contributed by atoms with Crippen LogP contribution in [-0.2, 0) is 0 Å². The van der Waals surface area contributed by atoms with E-state index in [9.17, 15) is 0 Å². The number of imidazole rings is 3. The summed E-state index contributed by atoms with van der Waals surface area (Å²) in [5.74, 6) is 2.58. The van der Waals surface area contributed by atoms with Crippen LogP contribution in [0.1, 0.15) is 0 Å². The van der Waals surface area contributed by atoms with Crippen LogP contribution in [-0.4, -0.2) is 29.5 Å².